The first-order chi connectivity index (χ1) is 13.8. The van der Waals surface area contributed by atoms with Gasteiger partial charge in [0.15, 0.2) is 9.50 Å². The highest BCUT2D eigenvalue weighted by molar-refractivity contribution is 14.1. The Hall–Kier alpha value is -0.890. The molecule has 8 nitrogen and oxygen atoms in total. The Morgan fingerprint density at radius 3 is 2.33 bits per heavy atom. The predicted octanol–water partition coefficient (Wildman–Crippen LogP) is 3.50. The van der Waals surface area contributed by atoms with E-state index in [1.807, 2.05) is 13.8 Å². The third-order valence-electron chi connectivity index (χ3n) is 5.69. The molecule has 2 rings (SSSR count). The third kappa shape index (κ3) is 6.31. The molecule has 0 aromatic heterocycles. The molecular weight excluding hydrogens is 545 g/mol. The van der Waals surface area contributed by atoms with E-state index in [2.05, 4.69) is 4.58 Å². The van der Waals surface area contributed by atoms with E-state index in [9.17, 15) is 26.2 Å². The Bertz CT molecular complexity index is 1060. The van der Waals surface area contributed by atoms with Crippen molar-refractivity contribution in [3.8, 4) is 0 Å². The molecule has 0 fully saturated rings. The largest absolute Gasteiger partial charge is 0.294 e. The Morgan fingerprint density at radius 1 is 1.10 bits per heavy atom. The summed E-state index contributed by atoms with van der Waals surface area (Å²) in [7, 11) is -8.48. The molecule has 1 unspecified atom stereocenters. The molecule has 1 atom stereocenters. The number of nitrogens with zero attached hydrogens (tertiary/aromatic N) is 1. The van der Waals surface area contributed by atoms with Crippen LogP contribution in [0.5, 0.6) is 0 Å². The lowest BCUT2D eigenvalue weighted by molar-refractivity contribution is -0.439. The fraction of sp³-hybridized carbons (Fsp3) is 0.579. The van der Waals surface area contributed by atoms with Crippen LogP contribution >= 0.6 is 22.6 Å². The van der Waals surface area contributed by atoms with Crippen LogP contribution in [0.25, 0.3) is 0 Å². The third-order valence-corrected chi connectivity index (χ3v) is 7.88. The number of rotatable bonds is 11. The van der Waals surface area contributed by atoms with Gasteiger partial charge in [0.1, 0.15) is 6.54 Å². The van der Waals surface area contributed by atoms with Crippen molar-refractivity contribution in [2.75, 3.05) is 12.3 Å². The van der Waals surface area contributed by atoms with Crippen LogP contribution in [-0.2, 0) is 30.4 Å². The average Bonchev–Trinajstić information content (AvgIpc) is 2.81. The second kappa shape index (κ2) is 9.72. The summed E-state index contributed by atoms with van der Waals surface area (Å²) in [6, 6.07) is 4.45. The molecule has 0 amide bonds. The SMILES string of the molecule is CC1=[N+](CCCCCC(=O)I)c2ccc(S(=O)(=O)O)cc2C1(C)CCCS(=O)(=O)O. The van der Waals surface area contributed by atoms with Gasteiger partial charge in [0.2, 0.25) is 5.69 Å². The van der Waals surface area contributed by atoms with Gasteiger partial charge in [-0.3, -0.25) is 13.9 Å². The van der Waals surface area contributed by atoms with Gasteiger partial charge in [-0.2, -0.15) is 21.4 Å². The second-order valence-corrected chi connectivity index (χ2v) is 12.0. The summed E-state index contributed by atoms with van der Waals surface area (Å²) in [6.07, 6.45) is 3.63. The minimum atomic E-state index is -4.38. The van der Waals surface area contributed by atoms with Crippen molar-refractivity contribution in [3.63, 3.8) is 0 Å². The van der Waals surface area contributed by atoms with E-state index < -0.39 is 25.7 Å². The normalized spacial score (nSPS) is 19.2. The van der Waals surface area contributed by atoms with Gasteiger partial charge in [0.25, 0.3) is 20.2 Å². The van der Waals surface area contributed by atoms with Gasteiger partial charge in [-0.25, -0.2) is 0 Å². The molecule has 0 saturated heterocycles. The summed E-state index contributed by atoms with van der Waals surface area (Å²) >= 11 is 1.78. The number of benzene rings is 1. The second-order valence-electron chi connectivity index (χ2n) is 7.78. The standard InChI is InChI=1S/C19H26INO7S2/c1-14-19(2,10-6-12-29(23,24)25)16-13-15(30(26,27)28)8-9-17(16)21(14)11-5-3-4-7-18(20)22/h8-9,13H,3-7,10-12H2,1-2H3,(H-,23,24,25,26,27,28)/p+1. The van der Waals surface area contributed by atoms with E-state index in [1.54, 1.807) is 28.7 Å². The van der Waals surface area contributed by atoms with Crippen LogP contribution in [-0.4, -0.2) is 52.3 Å². The van der Waals surface area contributed by atoms with Gasteiger partial charge < -0.3 is 0 Å². The highest BCUT2D eigenvalue weighted by atomic mass is 127. The Kier molecular flexibility index (Phi) is 8.22. The maximum atomic E-state index is 11.6. The Labute approximate surface area is 191 Å². The van der Waals surface area contributed by atoms with E-state index in [1.165, 1.54) is 12.1 Å². The van der Waals surface area contributed by atoms with Gasteiger partial charge in [-0.1, -0.05) is 0 Å². The molecular formula is C19H27INO7S2+. The molecule has 1 aromatic carbocycles. The summed E-state index contributed by atoms with van der Waals surface area (Å²) < 4.78 is 66.3. The number of carbonyl (C=O) groups is 1. The van der Waals surface area contributed by atoms with E-state index in [0.717, 1.165) is 30.7 Å². The highest BCUT2D eigenvalue weighted by Crippen LogP contribution is 2.43. The monoisotopic (exact) mass is 572 g/mol. The average molecular weight is 572 g/mol. The van der Waals surface area contributed by atoms with Crippen molar-refractivity contribution in [2.24, 2.45) is 0 Å². The van der Waals surface area contributed by atoms with Crippen LogP contribution in [0.1, 0.15) is 57.9 Å². The van der Waals surface area contributed by atoms with Crippen molar-refractivity contribution in [1.29, 1.82) is 0 Å². The Morgan fingerprint density at radius 2 is 1.77 bits per heavy atom. The topological polar surface area (TPSA) is 129 Å². The van der Waals surface area contributed by atoms with Crippen LogP contribution in [0.2, 0.25) is 0 Å². The van der Waals surface area contributed by atoms with Crippen molar-refractivity contribution in [2.45, 2.75) is 62.7 Å². The molecule has 0 radical (unpaired) electrons. The van der Waals surface area contributed by atoms with E-state index in [4.69, 9.17) is 4.55 Å². The van der Waals surface area contributed by atoms with Crippen LogP contribution in [0, 0.1) is 0 Å². The first-order valence-corrected chi connectivity index (χ1v) is 13.8. The maximum absolute atomic E-state index is 11.6. The van der Waals surface area contributed by atoms with E-state index in [0.29, 0.717) is 24.9 Å². The van der Waals surface area contributed by atoms with Gasteiger partial charge >= 0.3 is 0 Å². The van der Waals surface area contributed by atoms with Gasteiger partial charge in [-0.05, 0) is 67.3 Å². The number of unbranched alkanes of at least 4 members (excludes halogenated alkanes) is 2. The smallest absolute Gasteiger partial charge is 0.288 e. The maximum Gasteiger partial charge on any atom is 0.294 e. The lowest BCUT2D eigenvalue weighted by Crippen LogP contribution is -2.31. The summed E-state index contributed by atoms with van der Waals surface area (Å²) in [5, 5.41) is 0. The molecule has 30 heavy (non-hydrogen) atoms. The molecule has 0 aliphatic carbocycles. The van der Waals surface area contributed by atoms with Crippen LogP contribution in [0.4, 0.5) is 5.69 Å². The van der Waals surface area contributed by atoms with Crippen molar-refractivity contribution in [1.82, 2.24) is 0 Å². The highest BCUT2D eigenvalue weighted by Gasteiger charge is 2.46. The minimum absolute atomic E-state index is 0.131. The van der Waals surface area contributed by atoms with E-state index >= 15 is 0 Å². The van der Waals surface area contributed by atoms with Crippen molar-refractivity contribution < 1.29 is 35.3 Å². The molecule has 1 heterocycles. The summed E-state index contributed by atoms with van der Waals surface area (Å²) in [6.45, 7) is 4.51. The van der Waals surface area contributed by atoms with Crippen LogP contribution in [0.3, 0.4) is 0 Å². The van der Waals surface area contributed by atoms with Crippen LogP contribution in [0.15, 0.2) is 23.1 Å². The van der Waals surface area contributed by atoms with Gasteiger partial charge in [-0.15, -0.1) is 0 Å². The first kappa shape index (κ1) is 25.4. The number of hydrogen-bond acceptors (Lipinski definition) is 5. The van der Waals surface area contributed by atoms with Crippen molar-refractivity contribution in [3.05, 3.63) is 23.8 Å². The van der Waals surface area contributed by atoms with Crippen molar-refractivity contribution >= 4 is 58.0 Å². The summed E-state index contributed by atoms with van der Waals surface area (Å²) in [5.41, 5.74) is 1.83. The molecule has 2 N–H and O–H groups in total. The zero-order valence-corrected chi connectivity index (χ0v) is 20.8. The zero-order valence-electron chi connectivity index (χ0n) is 17.0. The quantitative estimate of drug-likeness (QED) is 0.137. The molecule has 168 valence electrons. The number of halogens is 1. The summed E-state index contributed by atoms with van der Waals surface area (Å²) in [4.78, 5) is 10.9. The number of fused-ring (bicyclic) bond motifs is 1. The molecule has 1 aliphatic heterocycles. The molecule has 1 aromatic rings. The first-order valence-electron chi connectivity index (χ1n) is 9.63. The number of carbonyl (C=O) groups excluding carboxylic acids is 1. The molecule has 1 aliphatic rings. The summed E-state index contributed by atoms with van der Waals surface area (Å²) in [5.74, 6) is -0.381. The fourth-order valence-corrected chi connectivity index (χ4v) is 5.35. The lowest BCUT2D eigenvalue weighted by Gasteiger charge is -2.22. The minimum Gasteiger partial charge on any atom is -0.288 e. The molecule has 11 heteroatoms. The lowest BCUT2D eigenvalue weighted by atomic mass is 9.76. The van der Waals surface area contributed by atoms with E-state index in [-0.39, 0.29) is 20.9 Å². The molecule has 0 saturated carbocycles. The molecule has 0 spiro atoms. The van der Waals surface area contributed by atoms with Gasteiger partial charge in [0, 0.05) is 31.4 Å². The predicted molar refractivity (Wildman–Crippen MR) is 122 cm³/mol. The fourth-order valence-electron chi connectivity index (χ4n) is 3.95. The zero-order chi connectivity index (χ0) is 22.7. The Balaban J connectivity index is 2.34. The number of hydrogen-bond donors (Lipinski definition) is 2. The van der Waals surface area contributed by atoms with Crippen LogP contribution < -0.4 is 0 Å². The van der Waals surface area contributed by atoms with Gasteiger partial charge in [0.05, 0.1) is 16.1 Å². The molecule has 0 bridgehead atoms.